The van der Waals surface area contributed by atoms with E-state index in [9.17, 15) is 4.79 Å². The highest BCUT2D eigenvalue weighted by molar-refractivity contribution is 5.95. The first kappa shape index (κ1) is 22.0. The fraction of sp³-hybridized carbons (Fsp3) is 0.308. The van der Waals surface area contributed by atoms with Gasteiger partial charge >= 0.3 is 0 Å². The van der Waals surface area contributed by atoms with E-state index in [1.807, 2.05) is 12.1 Å². The summed E-state index contributed by atoms with van der Waals surface area (Å²) >= 11 is 0. The van der Waals surface area contributed by atoms with Crippen molar-refractivity contribution in [2.45, 2.75) is 25.7 Å². The molecule has 1 aliphatic rings. The van der Waals surface area contributed by atoms with Crippen LogP contribution in [-0.4, -0.2) is 44.1 Å². The summed E-state index contributed by atoms with van der Waals surface area (Å²) < 4.78 is 1.56. The zero-order chi connectivity index (χ0) is 23.7. The van der Waals surface area contributed by atoms with Gasteiger partial charge in [0.05, 0.1) is 11.1 Å². The maximum atomic E-state index is 13.0. The third-order valence-corrected chi connectivity index (χ3v) is 6.71. The number of nitrogens with two attached hydrogens (primary N) is 1. The van der Waals surface area contributed by atoms with Gasteiger partial charge in [0.2, 0.25) is 5.95 Å². The van der Waals surface area contributed by atoms with Crippen molar-refractivity contribution < 1.29 is 0 Å². The molecule has 3 aromatic heterocycles. The van der Waals surface area contributed by atoms with Gasteiger partial charge in [0.1, 0.15) is 5.82 Å². The third kappa shape index (κ3) is 4.36. The van der Waals surface area contributed by atoms with Crippen molar-refractivity contribution in [1.82, 2.24) is 24.4 Å². The molecule has 5 rings (SSSR count). The van der Waals surface area contributed by atoms with Crippen molar-refractivity contribution in [1.29, 1.82) is 0 Å². The van der Waals surface area contributed by atoms with Crippen molar-refractivity contribution in [2.24, 2.45) is 7.05 Å². The van der Waals surface area contributed by atoms with Crippen molar-refractivity contribution in [2.75, 3.05) is 30.7 Å². The summed E-state index contributed by atoms with van der Waals surface area (Å²) in [6.07, 6.45) is 7.42. The molecule has 1 saturated heterocycles. The molecule has 0 bridgehead atoms. The van der Waals surface area contributed by atoms with Gasteiger partial charge in [-0.05, 0) is 73.6 Å². The number of nitrogens with one attached hydrogen (secondary N) is 1. The number of hydrogen-bond donors (Lipinski definition) is 2. The standard InChI is InChI=1S/C26H29N7O/c1-3-33-12-9-18(10-13-33)17-4-6-21(7-5-17)30-24-23-19(8-11-32(2)25(23)34)14-22(31-24)20-15-28-26(27)29-16-20/h4-8,11,14-16,18H,3,9-10,12-13H2,1-2H3,(H,30,31)(H2,27,28,29). The second-order valence-corrected chi connectivity index (χ2v) is 8.84. The van der Waals surface area contributed by atoms with Crippen LogP contribution in [0.1, 0.15) is 31.2 Å². The summed E-state index contributed by atoms with van der Waals surface area (Å²) in [6, 6.07) is 12.3. The summed E-state index contributed by atoms with van der Waals surface area (Å²) in [6.45, 7) is 5.66. The highest BCUT2D eigenvalue weighted by atomic mass is 16.1. The minimum absolute atomic E-state index is 0.105. The molecular weight excluding hydrogens is 426 g/mol. The minimum Gasteiger partial charge on any atom is -0.368 e. The number of rotatable bonds is 5. The Morgan fingerprint density at radius 3 is 2.47 bits per heavy atom. The van der Waals surface area contributed by atoms with E-state index in [0.717, 1.165) is 36.3 Å². The number of hydrogen-bond acceptors (Lipinski definition) is 7. The van der Waals surface area contributed by atoms with E-state index in [1.54, 1.807) is 30.2 Å². The first-order valence-electron chi connectivity index (χ1n) is 11.7. The van der Waals surface area contributed by atoms with Crippen molar-refractivity contribution in [3.8, 4) is 11.3 Å². The second kappa shape index (κ2) is 9.23. The summed E-state index contributed by atoms with van der Waals surface area (Å²) in [5.41, 5.74) is 9.19. The predicted molar refractivity (Wildman–Crippen MR) is 136 cm³/mol. The molecule has 0 atom stereocenters. The Morgan fingerprint density at radius 2 is 1.79 bits per heavy atom. The van der Waals surface area contributed by atoms with E-state index >= 15 is 0 Å². The molecule has 0 saturated carbocycles. The molecule has 0 amide bonds. The highest BCUT2D eigenvalue weighted by Crippen LogP contribution is 2.31. The molecule has 1 fully saturated rings. The lowest BCUT2D eigenvalue weighted by Gasteiger charge is -2.31. The van der Waals surface area contributed by atoms with Gasteiger partial charge in [0.25, 0.3) is 5.56 Å². The van der Waals surface area contributed by atoms with Gasteiger partial charge in [0, 0.05) is 36.9 Å². The quantitative estimate of drug-likeness (QED) is 0.470. The van der Waals surface area contributed by atoms with Gasteiger partial charge in [-0.2, -0.15) is 0 Å². The number of aromatic nitrogens is 4. The van der Waals surface area contributed by atoms with Gasteiger partial charge < -0.3 is 20.5 Å². The summed E-state index contributed by atoms with van der Waals surface area (Å²) in [4.78, 5) is 28.4. The highest BCUT2D eigenvalue weighted by Gasteiger charge is 2.19. The number of pyridine rings is 2. The molecule has 34 heavy (non-hydrogen) atoms. The van der Waals surface area contributed by atoms with E-state index in [2.05, 4.69) is 51.4 Å². The van der Waals surface area contributed by atoms with E-state index in [4.69, 9.17) is 10.7 Å². The van der Waals surface area contributed by atoms with Crippen LogP contribution in [0.4, 0.5) is 17.5 Å². The maximum absolute atomic E-state index is 13.0. The topological polar surface area (TPSA) is 102 Å². The first-order valence-corrected chi connectivity index (χ1v) is 11.7. The number of benzene rings is 1. The smallest absolute Gasteiger partial charge is 0.261 e. The number of anilines is 3. The number of aryl methyl sites for hydroxylation is 1. The molecule has 0 radical (unpaired) electrons. The average molecular weight is 456 g/mol. The normalized spacial score (nSPS) is 15.0. The van der Waals surface area contributed by atoms with Crippen molar-refractivity contribution >= 4 is 28.2 Å². The van der Waals surface area contributed by atoms with E-state index in [0.29, 0.717) is 22.8 Å². The van der Waals surface area contributed by atoms with Gasteiger partial charge in [0.15, 0.2) is 0 Å². The van der Waals surface area contributed by atoms with Crippen LogP contribution in [0.15, 0.2) is 59.8 Å². The average Bonchev–Trinajstić information content (AvgIpc) is 2.87. The summed E-state index contributed by atoms with van der Waals surface area (Å²) in [5.74, 6) is 1.31. The molecule has 4 heterocycles. The number of fused-ring (bicyclic) bond motifs is 1. The van der Waals surface area contributed by atoms with Crippen LogP contribution in [0.3, 0.4) is 0 Å². The Labute approximate surface area is 198 Å². The van der Waals surface area contributed by atoms with Crippen LogP contribution in [0.25, 0.3) is 22.0 Å². The Kier molecular flexibility index (Phi) is 5.98. The monoisotopic (exact) mass is 455 g/mol. The largest absolute Gasteiger partial charge is 0.368 e. The lowest BCUT2D eigenvalue weighted by molar-refractivity contribution is 0.222. The second-order valence-electron chi connectivity index (χ2n) is 8.84. The number of piperidine rings is 1. The Morgan fingerprint density at radius 1 is 1.09 bits per heavy atom. The van der Waals surface area contributed by atoms with Gasteiger partial charge in [-0.3, -0.25) is 4.79 Å². The Balaban J connectivity index is 1.48. The molecule has 174 valence electrons. The number of nitrogens with zero attached hydrogens (tertiary/aromatic N) is 5. The fourth-order valence-electron chi connectivity index (χ4n) is 4.62. The molecule has 4 aromatic rings. The molecule has 8 nitrogen and oxygen atoms in total. The van der Waals surface area contributed by atoms with Gasteiger partial charge in [-0.25, -0.2) is 15.0 Å². The molecular formula is C26H29N7O. The van der Waals surface area contributed by atoms with Crippen LogP contribution in [0.2, 0.25) is 0 Å². The number of likely N-dealkylation sites (tertiary alicyclic amines) is 1. The van der Waals surface area contributed by atoms with Crippen molar-refractivity contribution in [3.05, 3.63) is 70.9 Å². The Bertz CT molecular complexity index is 1360. The van der Waals surface area contributed by atoms with Crippen molar-refractivity contribution in [3.63, 3.8) is 0 Å². The maximum Gasteiger partial charge on any atom is 0.261 e. The Hall–Kier alpha value is -3.78. The van der Waals surface area contributed by atoms with Crippen LogP contribution >= 0.6 is 0 Å². The molecule has 0 unspecified atom stereocenters. The first-order chi connectivity index (χ1) is 16.5. The van der Waals surface area contributed by atoms with Crippen LogP contribution < -0.4 is 16.6 Å². The fourth-order valence-corrected chi connectivity index (χ4v) is 4.62. The molecule has 0 spiro atoms. The third-order valence-electron chi connectivity index (χ3n) is 6.71. The van der Waals surface area contributed by atoms with Gasteiger partial charge in [-0.1, -0.05) is 19.1 Å². The van der Waals surface area contributed by atoms with Gasteiger partial charge in [-0.15, -0.1) is 0 Å². The van der Waals surface area contributed by atoms with E-state index in [1.165, 1.54) is 18.4 Å². The summed E-state index contributed by atoms with van der Waals surface area (Å²) in [7, 11) is 1.74. The number of nitrogen functional groups attached to an aromatic ring is 1. The van der Waals surface area contributed by atoms with E-state index in [-0.39, 0.29) is 11.5 Å². The van der Waals surface area contributed by atoms with E-state index < -0.39 is 0 Å². The predicted octanol–water partition coefficient (Wildman–Crippen LogP) is 3.92. The molecule has 8 heteroatoms. The SMILES string of the molecule is CCN1CCC(c2ccc(Nc3nc(-c4cnc(N)nc4)cc4ccn(C)c(=O)c34)cc2)CC1. The lowest BCUT2D eigenvalue weighted by Crippen LogP contribution is -2.32. The zero-order valence-electron chi connectivity index (χ0n) is 19.5. The van der Waals surface area contributed by atoms with Crippen LogP contribution in [0.5, 0.6) is 0 Å². The zero-order valence-corrected chi connectivity index (χ0v) is 19.5. The molecule has 0 aliphatic carbocycles. The van der Waals surface area contributed by atoms with Crippen LogP contribution in [-0.2, 0) is 7.05 Å². The molecule has 1 aromatic carbocycles. The molecule has 1 aliphatic heterocycles. The molecule has 3 N–H and O–H groups in total. The minimum atomic E-state index is -0.105. The summed E-state index contributed by atoms with van der Waals surface area (Å²) in [5, 5.41) is 4.73. The lowest BCUT2D eigenvalue weighted by atomic mass is 9.89. The van der Waals surface area contributed by atoms with Crippen LogP contribution in [0, 0.1) is 0 Å².